The third kappa shape index (κ3) is 6.30. The van der Waals surface area contributed by atoms with Crippen LogP contribution in [0.4, 0.5) is 13.2 Å². The van der Waals surface area contributed by atoms with Gasteiger partial charge in [0.1, 0.15) is 5.75 Å². The Hall–Kier alpha value is -1.49. The number of halogens is 3. The van der Waals surface area contributed by atoms with Crippen molar-refractivity contribution in [2.45, 2.75) is 26.8 Å². The SMILES string of the molecule is CC(C)=CCNCc1cccc(OC(F)(F)F)c1. The van der Waals surface area contributed by atoms with Crippen molar-refractivity contribution in [3.05, 3.63) is 41.5 Å². The number of hydrogen-bond acceptors (Lipinski definition) is 2. The Morgan fingerprint density at radius 1 is 1.33 bits per heavy atom. The second-order valence-corrected chi connectivity index (χ2v) is 4.11. The highest BCUT2D eigenvalue weighted by Crippen LogP contribution is 2.23. The fraction of sp³-hybridized carbons (Fsp3) is 0.385. The second kappa shape index (κ2) is 6.44. The number of hydrogen-bond donors (Lipinski definition) is 1. The van der Waals surface area contributed by atoms with Gasteiger partial charge in [-0.15, -0.1) is 13.2 Å². The number of nitrogens with one attached hydrogen (secondary N) is 1. The summed E-state index contributed by atoms with van der Waals surface area (Å²) in [4.78, 5) is 0. The Balaban J connectivity index is 2.52. The van der Waals surface area contributed by atoms with Gasteiger partial charge in [0.2, 0.25) is 0 Å². The van der Waals surface area contributed by atoms with E-state index in [1.807, 2.05) is 19.9 Å². The van der Waals surface area contributed by atoms with Crippen molar-refractivity contribution >= 4 is 0 Å². The van der Waals surface area contributed by atoms with Gasteiger partial charge in [0.15, 0.2) is 0 Å². The molecule has 0 aliphatic heterocycles. The van der Waals surface area contributed by atoms with Crippen molar-refractivity contribution in [2.75, 3.05) is 6.54 Å². The first-order valence-corrected chi connectivity index (χ1v) is 5.55. The first-order chi connectivity index (χ1) is 8.37. The van der Waals surface area contributed by atoms with Gasteiger partial charge in [0.05, 0.1) is 0 Å². The molecule has 0 bridgehead atoms. The van der Waals surface area contributed by atoms with Crippen LogP contribution in [0.3, 0.4) is 0 Å². The Kier molecular flexibility index (Phi) is 5.22. The largest absolute Gasteiger partial charge is 0.573 e. The third-order valence-corrected chi connectivity index (χ3v) is 2.12. The zero-order chi connectivity index (χ0) is 13.6. The molecule has 0 aromatic heterocycles. The van der Waals surface area contributed by atoms with E-state index in [1.54, 1.807) is 12.1 Å². The van der Waals surface area contributed by atoms with E-state index < -0.39 is 6.36 Å². The van der Waals surface area contributed by atoms with Gasteiger partial charge in [0.25, 0.3) is 0 Å². The highest BCUT2D eigenvalue weighted by atomic mass is 19.4. The molecule has 1 N–H and O–H groups in total. The van der Waals surface area contributed by atoms with Gasteiger partial charge in [-0.05, 0) is 31.5 Å². The van der Waals surface area contributed by atoms with Gasteiger partial charge in [0, 0.05) is 13.1 Å². The minimum atomic E-state index is -4.64. The molecule has 0 atom stereocenters. The number of allylic oxidation sites excluding steroid dienone is 1. The Morgan fingerprint density at radius 3 is 2.67 bits per heavy atom. The molecule has 100 valence electrons. The summed E-state index contributed by atoms with van der Waals surface area (Å²) in [5, 5.41) is 3.11. The number of benzene rings is 1. The predicted molar refractivity (Wildman–Crippen MR) is 64.3 cm³/mol. The van der Waals surface area contributed by atoms with E-state index in [1.165, 1.54) is 17.7 Å². The minimum absolute atomic E-state index is 0.191. The summed E-state index contributed by atoms with van der Waals surface area (Å²) in [6.45, 7) is 5.16. The molecule has 0 saturated heterocycles. The van der Waals surface area contributed by atoms with Gasteiger partial charge in [-0.1, -0.05) is 23.8 Å². The fourth-order valence-electron chi connectivity index (χ4n) is 1.35. The molecule has 0 aliphatic carbocycles. The van der Waals surface area contributed by atoms with Crippen molar-refractivity contribution in [3.8, 4) is 5.75 Å². The van der Waals surface area contributed by atoms with Crippen LogP contribution in [0.5, 0.6) is 5.75 Å². The van der Waals surface area contributed by atoms with E-state index in [4.69, 9.17) is 0 Å². The van der Waals surface area contributed by atoms with Crippen LogP contribution in [0.1, 0.15) is 19.4 Å². The lowest BCUT2D eigenvalue weighted by Gasteiger charge is -2.10. The standard InChI is InChI=1S/C13H16F3NO/c1-10(2)6-7-17-9-11-4-3-5-12(8-11)18-13(14,15)16/h3-6,8,17H,7,9H2,1-2H3. The molecular weight excluding hydrogens is 243 g/mol. The summed E-state index contributed by atoms with van der Waals surface area (Å²) in [5.41, 5.74) is 1.94. The van der Waals surface area contributed by atoms with Gasteiger partial charge < -0.3 is 10.1 Å². The molecule has 0 unspecified atom stereocenters. The number of alkyl halides is 3. The highest BCUT2D eigenvalue weighted by Gasteiger charge is 2.30. The van der Waals surface area contributed by atoms with Gasteiger partial charge in [-0.25, -0.2) is 0 Å². The molecule has 0 saturated carbocycles. The molecule has 1 rings (SSSR count). The zero-order valence-electron chi connectivity index (χ0n) is 10.3. The van der Waals surface area contributed by atoms with Gasteiger partial charge in [-0.3, -0.25) is 0 Å². The minimum Gasteiger partial charge on any atom is -0.406 e. The summed E-state index contributed by atoms with van der Waals surface area (Å²) >= 11 is 0. The normalized spacial score (nSPS) is 11.2. The van der Waals surface area contributed by atoms with Crippen LogP contribution in [0.2, 0.25) is 0 Å². The van der Waals surface area contributed by atoms with Crippen molar-refractivity contribution < 1.29 is 17.9 Å². The van der Waals surface area contributed by atoms with E-state index in [2.05, 4.69) is 10.1 Å². The van der Waals surface area contributed by atoms with E-state index in [0.717, 1.165) is 5.56 Å². The predicted octanol–water partition coefficient (Wildman–Crippen LogP) is 3.64. The number of rotatable bonds is 5. The van der Waals surface area contributed by atoms with Crippen molar-refractivity contribution in [3.63, 3.8) is 0 Å². The summed E-state index contributed by atoms with van der Waals surface area (Å²) in [7, 11) is 0. The molecule has 1 aromatic carbocycles. The zero-order valence-corrected chi connectivity index (χ0v) is 10.3. The van der Waals surface area contributed by atoms with E-state index in [-0.39, 0.29) is 5.75 Å². The average Bonchev–Trinajstić information content (AvgIpc) is 2.22. The lowest BCUT2D eigenvalue weighted by molar-refractivity contribution is -0.274. The summed E-state index contributed by atoms with van der Waals surface area (Å²) in [6, 6.07) is 5.95. The van der Waals surface area contributed by atoms with Crippen molar-refractivity contribution in [2.24, 2.45) is 0 Å². The average molecular weight is 259 g/mol. The van der Waals surface area contributed by atoms with Crippen molar-refractivity contribution in [1.29, 1.82) is 0 Å². The lowest BCUT2D eigenvalue weighted by atomic mass is 10.2. The smallest absolute Gasteiger partial charge is 0.406 e. The molecule has 1 aromatic rings. The van der Waals surface area contributed by atoms with Gasteiger partial charge >= 0.3 is 6.36 Å². The molecule has 0 amide bonds. The monoisotopic (exact) mass is 259 g/mol. The van der Waals surface area contributed by atoms with Crippen LogP contribution in [0.25, 0.3) is 0 Å². The number of ether oxygens (including phenoxy) is 1. The molecule has 2 nitrogen and oxygen atoms in total. The molecule has 5 heteroatoms. The molecule has 0 radical (unpaired) electrons. The maximum absolute atomic E-state index is 12.0. The quantitative estimate of drug-likeness (QED) is 0.644. The van der Waals surface area contributed by atoms with E-state index in [0.29, 0.717) is 13.1 Å². The second-order valence-electron chi connectivity index (χ2n) is 4.11. The van der Waals surface area contributed by atoms with Crippen LogP contribution in [-0.2, 0) is 6.54 Å². The molecule has 18 heavy (non-hydrogen) atoms. The van der Waals surface area contributed by atoms with E-state index in [9.17, 15) is 13.2 Å². The Morgan fingerprint density at radius 2 is 2.06 bits per heavy atom. The third-order valence-electron chi connectivity index (χ3n) is 2.12. The van der Waals surface area contributed by atoms with Crippen LogP contribution in [0.15, 0.2) is 35.9 Å². The van der Waals surface area contributed by atoms with Crippen LogP contribution >= 0.6 is 0 Å². The molecular formula is C13H16F3NO. The van der Waals surface area contributed by atoms with E-state index >= 15 is 0 Å². The maximum atomic E-state index is 12.0. The molecule has 0 aliphatic rings. The molecule has 0 heterocycles. The Bertz CT molecular complexity index is 409. The first-order valence-electron chi connectivity index (χ1n) is 5.55. The van der Waals surface area contributed by atoms with Gasteiger partial charge in [-0.2, -0.15) is 0 Å². The summed E-state index contributed by atoms with van der Waals surface area (Å²) in [5.74, 6) is -0.191. The summed E-state index contributed by atoms with van der Waals surface area (Å²) in [6.07, 6.45) is -2.63. The Labute approximate surface area is 104 Å². The van der Waals surface area contributed by atoms with Crippen molar-refractivity contribution in [1.82, 2.24) is 5.32 Å². The topological polar surface area (TPSA) is 21.3 Å². The maximum Gasteiger partial charge on any atom is 0.573 e. The molecule has 0 spiro atoms. The lowest BCUT2D eigenvalue weighted by Crippen LogP contribution is -2.17. The highest BCUT2D eigenvalue weighted by molar-refractivity contribution is 5.28. The van der Waals surface area contributed by atoms with Crippen LogP contribution < -0.4 is 10.1 Å². The summed E-state index contributed by atoms with van der Waals surface area (Å²) < 4.78 is 39.9. The fourth-order valence-corrected chi connectivity index (χ4v) is 1.35. The van der Waals surface area contributed by atoms with Crippen LogP contribution in [0, 0.1) is 0 Å². The van der Waals surface area contributed by atoms with Crippen LogP contribution in [-0.4, -0.2) is 12.9 Å². The first kappa shape index (κ1) is 14.6. The molecule has 0 fully saturated rings.